The molecule has 31 heavy (non-hydrogen) atoms. The lowest BCUT2D eigenvalue weighted by molar-refractivity contribution is -0.137. The molecule has 2 aromatic carbocycles. The molecule has 0 saturated carbocycles. The van der Waals surface area contributed by atoms with Crippen LogP contribution >= 0.6 is 11.9 Å². The van der Waals surface area contributed by atoms with Crippen LogP contribution in [0.25, 0.3) is 0 Å². The first-order valence-electron chi connectivity index (χ1n) is 9.74. The van der Waals surface area contributed by atoms with E-state index in [2.05, 4.69) is 15.4 Å². The molecule has 0 atom stereocenters. The van der Waals surface area contributed by atoms with E-state index in [1.54, 1.807) is 17.0 Å². The third-order valence-electron chi connectivity index (χ3n) is 4.91. The highest BCUT2D eigenvalue weighted by Gasteiger charge is 2.30. The molecule has 1 aliphatic rings. The fraction of sp³-hybridized carbons (Fsp3) is 0.333. The Bertz CT molecular complexity index is 896. The van der Waals surface area contributed by atoms with Crippen molar-refractivity contribution in [3.8, 4) is 0 Å². The highest BCUT2D eigenvalue weighted by Crippen LogP contribution is 2.29. The van der Waals surface area contributed by atoms with Gasteiger partial charge in [-0.3, -0.25) is 9.52 Å². The van der Waals surface area contributed by atoms with Crippen molar-refractivity contribution in [2.24, 2.45) is 0 Å². The molecule has 0 bridgehead atoms. The van der Waals surface area contributed by atoms with E-state index in [0.717, 1.165) is 17.0 Å². The van der Waals surface area contributed by atoms with Crippen molar-refractivity contribution in [2.75, 3.05) is 25.5 Å². The van der Waals surface area contributed by atoms with E-state index < -0.39 is 17.8 Å². The number of anilines is 1. The molecule has 6 nitrogen and oxygen atoms in total. The molecule has 166 valence electrons. The summed E-state index contributed by atoms with van der Waals surface area (Å²) in [5.41, 5.74) is 0.121. The summed E-state index contributed by atoms with van der Waals surface area (Å²) in [6.45, 7) is 1.02. The molecule has 0 aliphatic carbocycles. The Balaban J connectivity index is 1.46. The Labute approximate surface area is 182 Å². The van der Waals surface area contributed by atoms with Gasteiger partial charge in [0.1, 0.15) is 0 Å². The van der Waals surface area contributed by atoms with Gasteiger partial charge >= 0.3 is 12.2 Å². The van der Waals surface area contributed by atoms with E-state index in [-0.39, 0.29) is 17.6 Å². The van der Waals surface area contributed by atoms with Gasteiger partial charge in [0.15, 0.2) is 0 Å². The molecule has 2 aromatic rings. The number of nitrogens with one attached hydrogen (secondary N) is 3. The number of nitrogens with zero attached hydrogens (tertiary/aromatic N) is 1. The molecule has 3 amide bonds. The molecule has 0 aromatic heterocycles. The number of benzene rings is 2. The Morgan fingerprint density at radius 3 is 2.16 bits per heavy atom. The summed E-state index contributed by atoms with van der Waals surface area (Å²) in [7, 11) is 1.83. The molecule has 3 N–H and O–H groups in total. The van der Waals surface area contributed by atoms with Crippen LogP contribution in [0.2, 0.25) is 0 Å². The highest BCUT2D eigenvalue weighted by molar-refractivity contribution is 7.97. The minimum atomic E-state index is -4.42. The number of carbonyl (C=O) groups excluding carboxylic acids is 2. The van der Waals surface area contributed by atoms with Crippen molar-refractivity contribution in [1.82, 2.24) is 14.9 Å². The number of hydrogen-bond acceptors (Lipinski definition) is 4. The maximum atomic E-state index is 12.7. The average Bonchev–Trinajstić information content (AvgIpc) is 2.74. The Hall–Kier alpha value is -2.72. The van der Waals surface area contributed by atoms with Crippen LogP contribution in [0.4, 0.5) is 23.7 Å². The van der Waals surface area contributed by atoms with Gasteiger partial charge in [-0.25, -0.2) is 4.79 Å². The molecule has 1 fully saturated rings. The predicted molar refractivity (Wildman–Crippen MR) is 114 cm³/mol. The maximum Gasteiger partial charge on any atom is 0.416 e. The molecule has 0 spiro atoms. The summed E-state index contributed by atoms with van der Waals surface area (Å²) in [6, 6.07) is 11.0. The molecule has 1 aliphatic heterocycles. The van der Waals surface area contributed by atoms with Gasteiger partial charge in [-0.2, -0.15) is 13.2 Å². The molecule has 0 unspecified atom stereocenters. The number of carbonyl (C=O) groups is 2. The third kappa shape index (κ3) is 6.38. The van der Waals surface area contributed by atoms with Crippen LogP contribution in [0.3, 0.4) is 0 Å². The number of urea groups is 1. The lowest BCUT2D eigenvalue weighted by atomic mass is 10.0. The first kappa shape index (κ1) is 23.0. The van der Waals surface area contributed by atoms with E-state index >= 15 is 0 Å². The van der Waals surface area contributed by atoms with Gasteiger partial charge in [-0.05, 0) is 80.4 Å². The monoisotopic (exact) mass is 452 g/mol. The smallest absolute Gasteiger partial charge is 0.338 e. The fourth-order valence-electron chi connectivity index (χ4n) is 3.29. The molecule has 10 heteroatoms. The van der Waals surface area contributed by atoms with Crippen LogP contribution in [0.5, 0.6) is 0 Å². The minimum Gasteiger partial charge on any atom is -0.338 e. The van der Waals surface area contributed by atoms with Gasteiger partial charge < -0.3 is 15.5 Å². The van der Waals surface area contributed by atoms with Gasteiger partial charge in [0.05, 0.1) is 5.56 Å². The molecule has 1 heterocycles. The van der Waals surface area contributed by atoms with Crippen molar-refractivity contribution in [3.05, 3.63) is 59.7 Å². The van der Waals surface area contributed by atoms with Gasteiger partial charge in [-0.15, -0.1) is 0 Å². The number of likely N-dealkylation sites (tertiary alicyclic amines) is 1. The largest absolute Gasteiger partial charge is 0.416 e. The fourth-order valence-corrected chi connectivity index (χ4v) is 3.80. The molecule has 0 radical (unpaired) electrons. The Morgan fingerprint density at radius 1 is 1.00 bits per heavy atom. The van der Waals surface area contributed by atoms with E-state index in [1.807, 2.05) is 19.2 Å². The van der Waals surface area contributed by atoms with E-state index in [9.17, 15) is 22.8 Å². The molecular weight excluding hydrogens is 429 g/mol. The lowest BCUT2D eigenvalue weighted by Crippen LogP contribution is -2.47. The van der Waals surface area contributed by atoms with E-state index in [4.69, 9.17) is 0 Å². The van der Waals surface area contributed by atoms with Crippen LogP contribution in [0, 0.1) is 0 Å². The van der Waals surface area contributed by atoms with E-state index in [1.165, 1.54) is 24.1 Å². The quantitative estimate of drug-likeness (QED) is 0.590. The minimum absolute atomic E-state index is 0.0475. The second-order valence-corrected chi connectivity index (χ2v) is 8.15. The Morgan fingerprint density at radius 2 is 1.61 bits per heavy atom. The van der Waals surface area contributed by atoms with Gasteiger partial charge in [0.2, 0.25) is 0 Å². The van der Waals surface area contributed by atoms with Crippen molar-refractivity contribution < 1.29 is 22.8 Å². The average molecular weight is 453 g/mol. The first-order chi connectivity index (χ1) is 14.8. The Kier molecular flexibility index (Phi) is 7.45. The summed E-state index contributed by atoms with van der Waals surface area (Å²) in [6.07, 6.45) is -3.22. The lowest BCUT2D eigenvalue weighted by Gasteiger charge is -2.32. The number of amides is 3. The normalized spacial score (nSPS) is 14.9. The number of piperidine rings is 1. The zero-order valence-electron chi connectivity index (χ0n) is 16.8. The summed E-state index contributed by atoms with van der Waals surface area (Å²) < 4.78 is 40.8. The van der Waals surface area contributed by atoms with Gasteiger partial charge in [0.25, 0.3) is 5.91 Å². The predicted octanol–water partition coefficient (Wildman–Crippen LogP) is 4.36. The zero-order valence-corrected chi connectivity index (χ0v) is 17.6. The van der Waals surface area contributed by atoms with Crippen molar-refractivity contribution in [3.63, 3.8) is 0 Å². The number of halogens is 3. The third-order valence-corrected chi connectivity index (χ3v) is 5.62. The molecular formula is C21H23F3N4O2S. The first-order valence-corrected chi connectivity index (χ1v) is 10.6. The second kappa shape index (κ2) is 10.1. The van der Waals surface area contributed by atoms with Crippen LogP contribution in [-0.4, -0.2) is 43.0 Å². The van der Waals surface area contributed by atoms with Gasteiger partial charge in [0, 0.05) is 35.3 Å². The second-order valence-electron chi connectivity index (χ2n) is 7.07. The topological polar surface area (TPSA) is 73.5 Å². The number of hydrogen-bond donors (Lipinski definition) is 3. The SMILES string of the molecule is CNSc1ccc(C(=O)N2CCC(NC(=O)Nc3ccc(C(F)(F)F)cc3)CC2)cc1. The van der Waals surface area contributed by atoms with Crippen LogP contribution in [-0.2, 0) is 6.18 Å². The summed E-state index contributed by atoms with van der Waals surface area (Å²) >= 11 is 1.47. The highest BCUT2D eigenvalue weighted by atomic mass is 32.2. The summed E-state index contributed by atoms with van der Waals surface area (Å²) in [5, 5.41) is 5.35. The van der Waals surface area contributed by atoms with Crippen LogP contribution < -0.4 is 15.4 Å². The van der Waals surface area contributed by atoms with Gasteiger partial charge in [-0.1, -0.05) is 0 Å². The van der Waals surface area contributed by atoms with E-state index in [0.29, 0.717) is 31.5 Å². The number of rotatable bonds is 5. The zero-order chi connectivity index (χ0) is 22.4. The van der Waals surface area contributed by atoms with Crippen LogP contribution in [0.1, 0.15) is 28.8 Å². The van der Waals surface area contributed by atoms with Crippen molar-refractivity contribution in [2.45, 2.75) is 30.0 Å². The maximum absolute atomic E-state index is 12.7. The standard InChI is InChI=1S/C21H23F3N4O2S/c1-25-31-18-8-2-14(3-9-18)19(29)28-12-10-17(11-13-28)27-20(30)26-16-6-4-15(5-7-16)21(22,23)24/h2-9,17,25H,10-13H2,1H3,(H2,26,27,30). The number of alkyl halides is 3. The summed E-state index contributed by atoms with van der Waals surface area (Å²) in [5.74, 6) is -0.0475. The van der Waals surface area contributed by atoms with Crippen LogP contribution in [0.15, 0.2) is 53.4 Å². The molecule has 3 rings (SSSR count). The molecule has 1 saturated heterocycles. The van der Waals surface area contributed by atoms with Crippen molar-refractivity contribution >= 4 is 29.6 Å². The van der Waals surface area contributed by atoms with Crippen molar-refractivity contribution in [1.29, 1.82) is 0 Å². The summed E-state index contributed by atoms with van der Waals surface area (Å²) in [4.78, 5) is 27.6.